The van der Waals surface area contributed by atoms with E-state index in [4.69, 9.17) is 11.6 Å². The molecule has 28 heavy (non-hydrogen) atoms. The van der Waals surface area contributed by atoms with Gasteiger partial charge in [0.2, 0.25) is 10.0 Å². The summed E-state index contributed by atoms with van der Waals surface area (Å²) in [6.45, 7) is 0.182. The molecule has 0 radical (unpaired) electrons. The van der Waals surface area contributed by atoms with E-state index in [0.29, 0.717) is 5.82 Å². The maximum atomic E-state index is 12.6. The Hall–Kier alpha value is -2.75. The Morgan fingerprint density at radius 2 is 2.04 bits per heavy atom. The van der Waals surface area contributed by atoms with E-state index in [1.165, 1.54) is 32.3 Å². The first-order chi connectivity index (χ1) is 13.3. The van der Waals surface area contributed by atoms with Crippen molar-refractivity contribution in [2.45, 2.75) is 11.4 Å². The summed E-state index contributed by atoms with van der Waals surface area (Å²) in [5.41, 5.74) is 0.847. The minimum Gasteiger partial charge on any atom is -0.348 e. The second kappa shape index (κ2) is 8.09. The van der Waals surface area contributed by atoms with Crippen LogP contribution in [0.1, 0.15) is 15.9 Å². The van der Waals surface area contributed by atoms with Gasteiger partial charge in [0.25, 0.3) is 5.91 Å². The topological polar surface area (TPSA) is 97.2 Å². The molecule has 0 atom stereocenters. The Morgan fingerprint density at radius 3 is 2.71 bits per heavy atom. The lowest BCUT2D eigenvalue weighted by Gasteiger charge is -2.14. The van der Waals surface area contributed by atoms with Crippen molar-refractivity contribution >= 4 is 27.5 Å². The minimum absolute atomic E-state index is 0.00691. The standard InChI is InChI=1S/C18H18ClN5O3S/c1-23(2)28(26,27)14-5-6-16(19)15(10-14)18(25)22-11-13-4-3-7-21-17(13)24-9-8-20-12-24/h3-10,12H,11H2,1-2H3,(H,22,25). The molecule has 0 saturated heterocycles. The summed E-state index contributed by atoms with van der Waals surface area (Å²) in [6.07, 6.45) is 6.64. The van der Waals surface area contributed by atoms with E-state index in [2.05, 4.69) is 15.3 Å². The fourth-order valence-electron chi connectivity index (χ4n) is 2.51. The number of pyridine rings is 1. The molecule has 2 heterocycles. The Balaban J connectivity index is 1.84. The van der Waals surface area contributed by atoms with Gasteiger partial charge in [-0.2, -0.15) is 0 Å². The third-order valence-corrected chi connectivity index (χ3v) is 6.16. The number of hydrogen-bond acceptors (Lipinski definition) is 5. The van der Waals surface area contributed by atoms with Crippen molar-refractivity contribution in [3.63, 3.8) is 0 Å². The molecule has 0 fully saturated rings. The van der Waals surface area contributed by atoms with Crippen molar-refractivity contribution in [1.82, 2.24) is 24.2 Å². The SMILES string of the molecule is CN(C)S(=O)(=O)c1ccc(Cl)c(C(=O)NCc2cccnc2-n2ccnc2)c1. The fraction of sp³-hybridized carbons (Fsp3) is 0.167. The van der Waals surface area contributed by atoms with Crippen molar-refractivity contribution in [3.05, 3.63) is 71.4 Å². The van der Waals surface area contributed by atoms with Crippen molar-refractivity contribution in [1.29, 1.82) is 0 Å². The third kappa shape index (κ3) is 4.06. The van der Waals surface area contributed by atoms with Gasteiger partial charge in [0.05, 0.1) is 15.5 Å². The average molecular weight is 420 g/mol. The van der Waals surface area contributed by atoms with Crippen LogP contribution in [0.3, 0.4) is 0 Å². The van der Waals surface area contributed by atoms with Gasteiger partial charge in [-0.05, 0) is 24.3 Å². The average Bonchev–Trinajstić information content (AvgIpc) is 3.21. The first-order valence-corrected chi connectivity index (χ1v) is 10.0. The lowest BCUT2D eigenvalue weighted by Crippen LogP contribution is -2.26. The van der Waals surface area contributed by atoms with Gasteiger partial charge in [0.1, 0.15) is 12.1 Å². The van der Waals surface area contributed by atoms with Crippen LogP contribution in [-0.2, 0) is 16.6 Å². The summed E-state index contributed by atoms with van der Waals surface area (Å²) < 4.78 is 27.4. The highest BCUT2D eigenvalue weighted by molar-refractivity contribution is 7.89. The molecule has 3 aromatic rings. The van der Waals surface area contributed by atoms with Gasteiger partial charge in [-0.25, -0.2) is 22.7 Å². The van der Waals surface area contributed by atoms with Gasteiger partial charge in [0, 0.05) is 44.8 Å². The summed E-state index contributed by atoms with van der Waals surface area (Å²) in [5.74, 6) is 0.150. The van der Waals surface area contributed by atoms with Gasteiger partial charge in [-0.3, -0.25) is 9.36 Å². The number of rotatable bonds is 6. The second-order valence-corrected chi connectivity index (χ2v) is 8.63. The van der Waals surface area contributed by atoms with E-state index >= 15 is 0 Å². The molecular formula is C18H18ClN5O3S. The zero-order valence-electron chi connectivity index (χ0n) is 15.2. The molecule has 0 spiro atoms. The molecule has 0 aliphatic heterocycles. The number of halogens is 1. The monoisotopic (exact) mass is 419 g/mol. The van der Waals surface area contributed by atoms with Crippen LogP contribution in [0.5, 0.6) is 0 Å². The molecule has 0 aliphatic carbocycles. The van der Waals surface area contributed by atoms with Gasteiger partial charge < -0.3 is 5.32 Å². The number of aromatic nitrogens is 3. The summed E-state index contributed by atoms with van der Waals surface area (Å²) in [7, 11) is -0.838. The van der Waals surface area contributed by atoms with Crippen LogP contribution in [0.2, 0.25) is 5.02 Å². The molecule has 0 aliphatic rings. The molecule has 0 bridgehead atoms. The Labute approximate surface area is 167 Å². The normalized spacial score (nSPS) is 11.6. The Bertz CT molecular complexity index is 1100. The van der Waals surface area contributed by atoms with E-state index in [-0.39, 0.29) is 22.0 Å². The molecule has 8 nitrogen and oxygen atoms in total. The van der Waals surface area contributed by atoms with Crippen LogP contribution in [0.25, 0.3) is 5.82 Å². The zero-order chi connectivity index (χ0) is 20.3. The van der Waals surface area contributed by atoms with E-state index in [9.17, 15) is 13.2 Å². The van der Waals surface area contributed by atoms with Crippen molar-refractivity contribution in [2.75, 3.05) is 14.1 Å². The second-order valence-electron chi connectivity index (χ2n) is 6.07. The van der Waals surface area contributed by atoms with Crippen LogP contribution in [0.15, 0.2) is 60.1 Å². The molecule has 1 amide bonds. The number of hydrogen-bond donors (Lipinski definition) is 1. The van der Waals surface area contributed by atoms with Gasteiger partial charge >= 0.3 is 0 Å². The molecular weight excluding hydrogens is 402 g/mol. The number of carbonyl (C=O) groups is 1. The maximum Gasteiger partial charge on any atom is 0.253 e. The molecule has 1 N–H and O–H groups in total. The van der Waals surface area contributed by atoms with Gasteiger partial charge in [-0.15, -0.1) is 0 Å². The molecule has 0 unspecified atom stereocenters. The number of nitrogens with zero attached hydrogens (tertiary/aromatic N) is 4. The smallest absolute Gasteiger partial charge is 0.253 e. The number of imidazole rings is 1. The Kier molecular flexibility index (Phi) is 5.78. The van der Waals surface area contributed by atoms with Crippen LogP contribution >= 0.6 is 11.6 Å². The fourth-order valence-corrected chi connectivity index (χ4v) is 3.64. The Morgan fingerprint density at radius 1 is 1.25 bits per heavy atom. The first-order valence-electron chi connectivity index (χ1n) is 8.23. The molecule has 10 heteroatoms. The quantitative estimate of drug-likeness (QED) is 0.659. The van der Waals surface area contributed by atoms with Crippen LogP contribution in [0, 0.1) is 0 Å². The summed E-state index contributed by atoms with van der Waals surface area (Å²) in [6, 6.07) is 7.63. The molecule has 2 aromatic heterocycles. The van der Waals surface area contributed by atoms with E-state index in [0.717, 1.165) is 9.87 Å². The summed E-state index contributed by atoms with van der Waals surface area (Å²) in [5, 5.41) is 2.92. The van der Waals surface area contributed by atoms with Crippen molar-refractivity contribution in [2.24, 2.45) is 0 Å². The molecule has 3 rings (SSSR count). The van der Waals surface area contributed by atoms with Crippen molar-refractivity contribution in [3.8, 4) is 5.82 Å². The minimum atomic E-state index is -3.68. The highest BCUT2D eigenvalue weighted by Gasteiger charge is 2.21. The molecule has 1 aromatic carbocycles. The summed E-state index contributed by atoms with van der Waals surface area (Å²) in [4.78, 5) is 20.9. The number of nitrogens with one attached hydrogen (secondary N) is 1. The van der Waals surface area contributed by atoms with Crippen LogP contribution in [0.4, 0.5) is 0 Å². The number of carbonyl (C=O) groups excluding carboxylic acids is 1. The predicted octanol–water partition coefficient (Wildman–Crippen LogP) is 2.10. The number of amides is 1. The predicted molar refractivity (Wildman–Crippen MR) is 105 cm³/mol. The largest absolute Gasteiger partial charge is 0.348 e. The highest BCUT2D eigenvalue weighted by Crippen LogP contribution is 2.22. The number of sulfonamides is 1. The van der Waals surface area contributed by atoms with E-state index in [1.54, 1.807) is 35.6 Å². The number of benzene rings is 1. The first kappa shape index (κ1) is 20.0. The lowest BCUT2D eigenvalue weighted by molar-refractivity contribution is 0.0951. The van der Waals surface area contributed by atoms with Crippen LogP contribution in [-0.4, -0.2) is 47.3 Å². The summed E-state index contributed by atoms with van der Waals surface area (Å²) >= 11 is 6.12. The highest BCUT2D eigenvalue weighted by atomic mass is 35.5. The lowest BCUT2D eigenvalue weighted by atomic mass is 10.2. The third-order valence-electron chi connectivity index (χ3n) is 4.02. The van der Waals surface area contributed by atoms with E-state index < -0.39 is 15.9 Å². The van der Waals surface area contributed by atoms with Crippen molar-refractivity contribution < 1.29 is 13.2 Å². The zero-order valence-corrected chi connectivity index (χ0v) is 16.8. The maximum absolute atomic E-state index is 12.6. The van der Waals surface area contributed by atoms with Gasteiger partial charge in [0.15, 0.2) is 0 Å². The van der Waals surface area contributed by atoms with Crippen LogP contribution < -0.4 is 5.32 Å². The van der Waals surface area contributed by atoms with Gasteiger partial charge in [-0.1, -0.05) is 17.7 Å². The van der Waals surface area contributed by atoms with E-state index in [1.807, 2.05) is 6.07 Å². The molecule has 0 saturated carbocycles. The molecule has 146 valence electrons.